The zero-order valence-electron chi connectivity index (χ0n) is 20.4. The van der Waals surface area contributed by atoms with Crippen molar-refractivity contribution >= 4 is 11.9 Å². The molecule has 5 nitrogen and oxygen atoms in total. The lowest BCUT2D eigenvalue weighted by molar-refractivity contribution is -0.137. The third-order valence-electron chi connectivity index (χ3n) is 5.76. The molecule has 0 bridgehead atoms. The molecule has 0 fully saturated rings. The number of rotatable bonds is 15. The zero-order valence-corrected chi connectivity index (χ0v) is 20.4. The minimum Gasteiger partial charge on any atom is -0.493 e. The topological polar surface area (TPSA) is 66.8 Å². The lowest BCUT2D eigenvalue weighted by atomic mass is 9.99. The average molecular weight is 454 g/mol. The second kappa shape index (κ2) is 14.4. The average Bonchev–Trinajstić information content (AvgIpc) is 2.80. The number of carbonyl (C=O) groups excluding carboxylic acids is 1. The largest absolute Gasteiger partial charge is 0.493 e. The maximum absolute atomic E-state index is 12.5. The first-order valence-corrected chi connectivity index (χ1v) is 12.2. The Morgan fingerprint density at radius 3 is 2.42 bits per heavy atom. The van der Waals surface area contributed by atoms with Gasteiger partial charge in [-0.2, -0.15) is 0 Å². The van der Waals surface area contributed by atoms with Gasteiger partial charge >= 0.3 is 5.97 Å². The predicted octanol–water partition coefficient (Wildman–Crippen LogP) is 6.48. The van der Waals surface area contributed by atoms with Gasteiger partial charge in [-0.05, 0) is 48.1 Å². The highest BCUT2D eigenvalue weighted by molar-refractivity contribution is 5.76. The van der Waals surface area contributed by atoms with Crippen molar-refractivity contribution < 1.29 is 19.4 Å². The van der Waals surface area contributed by atoms with Crippen LogP contribution in [0.3, 0.4) is 0 Å². The molecule has 1 amide bonds. The lowest BCUT2D eigenvalue weighted by Crippen LogP contribution is -2.25. The summed E-state index contributed by atoms with van der Waals surface area (Å²) in [5, 5.41) is 9.00. The van der Waals surface area contributed by atoms with E-state index in [0.29, 0.717) is 26.0 Å². The smallest absolute Gasteiger partial charge is 0.303 e. The number of ether oxygens (including phenoxy) is 1. The van der Waals surface area contributed by atoms with E-state index in [1.54, 1.807) is 4.90 Å². The van der Waals surface area contributed by atoms with Crippen LogP contribution < -0.4 is 4.74 Å². The van der Waals surface area contributed by atoms with Crippen LogP contribution in [0.1, 0.15) is 76.3 Å². The number of aryl methyl sites for hydroxylation is 1. The van der Waals surface area contributed by atoms with Gasteiger partial charge in [-0.3, -0.25) is 9.59 Å². The number of aliphatic carboxylic acids is 1. The molecule has 2 aromatic carbocycles. The minimum absolute atomic E-state index is 0.0992. The van der Waals surface area contributed by atoms with Crippen LogP contribution >= 0.6 is 0 Å². The summed E-state index contributed by atoms with van der Waals surface area (Å²) >= 11 is 0. The van der Waals surface area contributed by atoms with E-state index in [0.717, 1.165) is 53.7 Å². The third kappa shape index (κ3) is 9.29. The molecule has 180 valence electrons. The van der Waals surface area contributed by atoms with Crippen LogP contribution in [0, 0.1) is 0 Å². The number of hydrogen-bond donors (Lipinski definition) is 1. The monoisotopic (exact) mass is 453 g/mol. The van der Waals surface area contributed by atoms with Crippen molar-refractivity contribution in [1.29, 1.82) is 0 Å². The van der Waals surface area contributed by atoms with Crippen LogP contribution in [0.5, 0.6) is 5.75 Å². The second-order valence-corrected chi connectivity index (χ2v) is 8.69. The first-order chi connectivity index (χ1) is 15.9. The first kappa shape index (κ1) is 26.4. The van der Waals surface area contributed by atoms with Gasteiger partial charge in [0.2, 0.25) is 5.91 Å². The van der Waals surface area contributed by atoms with Crippen molar-refractivity contribution in [1.82, 2.24) is 4.90 Å². The molecule has 2 aromatic rings. The van der Waals surface area contributed by atoms with Crippen LogP contribution in [0.25, 0.3) is 11.1 Å². The molecule has 0 aromatic heterocycles. The standard InChI is InChI=1S/C28H39NO4/c1-4-6-8-9-13-27(30)29(3)21-23-11-10-12-24(19-23)25-16-14-22(15-17-28(31)32)20-26(25)33-18-7-5-2/h10-12,14,16,19-20H,4-9,13,15,17-18,21H2,1-3H3,(H,31,32). The van der Waals surface area contributed by atoms with E-state index in [1.807, 2.05) is 37.4 Å². The lowest BCUT2D eigenvalue weighted by Gasteiger charge is -2.18. The SMILES string of the molecule is CCCCCCC(=O)N(C)Cc1cccc(-c2ccc(CCC(=O)O)cc2OCCCC)c1. The molecule has 0 spiro atoms. The molecular weight excluding hydrogens is 414 g/mol. The van der Waals surface area contributed by atoms with Gasteiger partial charge in [0.15, 0.2) is 0 Å². The third-order valence-corrected chi connectivity index (χ3v) is 5.76. The summed E-state index contributed by atoms with van der Waals surface area (Å²) in [7, 11) is 1.87. The van der Waals surface area contributed by atoms with E-state index in [1.165, 1.54) is 12.8 Å². The van der Waals surface area contributed by atoms with E-state index in [2.05, 4.69) is 26.0 Å². The van der Waals surface area contributed by atoms with Crippen LogP contribution in [0.2, 0.25) is 0 Å². The van der Waals surface area contributed by atoms with Gasteiger partial charge in [-0.1, -0.05) is 69.9 Å². The molecule has 0 unspecified atom stereocenters. The van der Waals surface area contributed by atoms with E-state index in [4.69, 9.17) is 9.84 Å². The highest BCUT2D eigenvalue weighted by atomic mass is 16.5. The normalized spacial score (nSPS) is 10.8. The highest BCUT2D eigenvalue weighted by Crippen LogP contribution is 2.32. The van der Waals surface area contributed by atoms with Crippen LogP contribution in [0.4, 0.5) is 0 Å². The summed E-state index contributed by atoms with van der Waals surface area (Å²) < 4.78 is 6.09. The fourth-order valence-corrected chi connectivity index (χ4v) is 3.75. The summed E-state index contributed by atoms with van der Waals surface area (Å²) in [5.74, 6) is 0.163. The molecule has 0 aliphatic heterocycles. The molecule has 33 heavy (non-hydrogen) atoms. The number of benzene rings is 2. The minimum atomic E-state index is -0.802. The molecule has 0 aliphatic rings. The van der Waals surface area contributed by atoms with Crippen molar-refractivity contribution in [3.05, 3.63) is 53.6 Å². The molecule has 0 saturated heterocycles. The summed E-state index contributed by atoms with van der Waals surface area (Å²) in [4.78, 5) is 25.2. The van der Waals surface area contributed by atoms with E-state index >= 15 is 0 Å². The van der Waals surface area contributed by atoms with Crippen molar-refractivity contribution in [2.75, 3.05) is 13.7 Å². The van der Waals surface area contributed by atoms with Gasteiger partial charge in [-0.15, -0.1) is 0 Å². The zero-order chi connectivity index (χ0) is 24.1. The Morgan fingerprint density at radius 1 is 0.909 bits per heavy atom. The van der Waals surface area contributed by atoms with Gasteiger partial charge < -0.3 is 14.7 Å². The van der Waals surface area contributed by atoms with E-state index in [-0.39, 0.29) is 12.3 Å². The number of hydrogen-bond acceptors (Lipinski definition) is 3. The Balaban J connectivity index is 2.15. The van der Waals surface area contributed by atoms with Crippen molar-refractivity contribution in [2.24, 2.45) is 0 Å². The fourth-order valence-electron chi connectivity index (χ4n) is 3.75. The van der Waals surface area contributed by atoms with Gasteiger partial charge in [0.1, 0.15) is 5.75 Å². The number of carbonyl (C=O) groups is 2. The second-order valence-electron chi connectivity index (χ2n) is 8.69. The summed E-state index contributed by atoms with van der Waals surface area (Å²) in [5.41, 5.74) is 4.05. The molecule has 0 saturated carbocycles. The van der Waals surface area contributed by atoms with Crippen molar-refractivity contribution in [3.8, 4) is 16.9 Å². The van der Waals surface area contributed by atoms with Crippen molar-refractivity contribution in [3.63, 3.8) is 0 Å². The molecule has 1 N–H and O–H groups in total. The summed E-state index contributed by atoms with van der Waals surface area (Å²) in [6.07, 6.45) is 7.58. The van der Waals surface area contributed by atoms with Gasteiger partial charge in [0.05, 0.1) is 6.61 Å². The Hall–Kier alpha value is -2.82. The number of carboxylic acid groups (broad SMARTS) is 1. The fraction of sp³-hybridized carbons (Fsp3) is 0.500. The molecule has 5 heteroatoms. The van der Waals surface area contributed by atoms with Crippen LogP contribution in [-0.4, -0.2) is 35.5 Å². The van der Waals surface area contributed by atoms with E-state index < -0.39 is 5.97 Å². The molecule has 0 aliphatic carbocycles. The van der Waals surface area contributed by atoms with E-state index in [9.17, 15) is 9.59 Å². The van der Waals surface area contributed by atoms with Crippen LogP contribution in [-0.2, 0) is 22.6 Å². The molecule has 0 heterocycles. The Morgan fingerprint density at radius 2 is 1.70 bits per heavy atom. The number of amides is 1. The van der Waals surface area contributed by atoms with Crippen LogP contribution in [0.15, 0.2) is 42.5 Å². The quantitative estimate of drug-likeness (QED) is 0.314. The molecule has 2 rings (SSSR count). The predicted molar refractivity (Wildman–Crippen MR) is 133 cm³/mol. The maximum atomic E-state index is 12.5. The summed E-state index contributed by atoms with van der Waals surface area (Å²) in [6, 6.07) is 14.2. The Kier molecular flexibility index (Phi) is 11.5. The molecule has 0 atom stereocenters. The number of unbranched alkanes of at least 4 members (excludes halogenated alkanes) is 4. The molecular formula is C28H39NO4. The summed E-state index contributed by atoms with van der Waals surface area (Å²) in [6.45, 7) is 5.49. The maximum Gasteiger partial charge on any atom is 0.303 e. The Bertz CT molecular complexity index is 893. The Labute approximate surface area is 198 Å². The number of nitrogens with zero attached hydrogens (tertiary/aromatic N) is 1. The van der Waals surface area contributed by atoms with Gasteiger partial charge in [-0.25, -0.2) is 0 Å². The number of carboxylic acids is 1. The van der Waals surface area contributed by atoms with Gasteiger partial charge in [0.25, 0.3) is 0 Å². The van der Waals surface area contributed by atoms with Gasteiger partial charge in [0, 0.05) is 32.0 Å². The molecule has 0 radical (unpaired) electrons. The highest BCUT2D eigenvalue weighted by Gasteiger charge is 2.12. The first-order valence-electron chi connectivity index (χ1n) is 12.2. The van der Waals surface area contributed by atoms with Crippen molar-refractivity contribution in [2.45, 2.75) is 78.2 Å².